The van der Waals surface area contributed by atoms with Crippen LogP contribution in [0.5, 0.6) is 0 Å². The number of ether oxygens (including phenoxy) is 1. The van der Waals surface area contributed by atoms with E-state index in [1.165, 1.54) is 0 Å². The number of nitrogens with zero attached hydrogens (tertiary/aromatic N) is 3. The summed E-state index contributed by atoms with van der Waals surface area (Å²) >= 11 is 0. The molecular formula is C22H29N3O5. The minimum Gasteiger partial charge on any atom is -0.459 e. The molecule has 0 N–H and O–H groups in total. The van der Waals surface area contributed by atoms with Crippen LogP contribution in [0, 0.1) is 18.8 Å². The van der Waals surface area contributed by atoms with Gasteiger partial charge in [-0.1, -0.05) is 0 Å². The summed E-state index contributed by atoms with van der Waals surface area (Å²) in [5.41, 5.74) is 0.825. The highest BCUT2D eigenvalue weighted by atomic mass is 16.5. The van der Waals surface area contributed by atoms with Gasteiger partial charge in [-0.15, -0.1) is 0 Å². The number of likely N-dealkylation sites (tertiary alicyclic amines) is 1. The monoisotopic (exact) mass is 415 g/mol. The van der Waals surface area contributed by atoms with Crippen LogP contribution in [0.3, 0.4) is 0 Å². The maximum atomic E-state index is 13.6. The second-order valence-electron chi connectivity index (χ2n) is 9.04. The molecule has 8 nitrogen and oxygen atoms in total. The first-order valence-electron chi connectivity index (χ1n) is 11.1. The molecule has 3 amide bonds. The van der Waals surface area contributed by atoms with Crippen molar-refractivity contribution in [1.82, 2.24) is 14.7 Å². The Morgan fingerprint density at radius 1 is 1.10 bits per heavy atom. The summed E-state index contributed by atoms with van der Waals surface area (Å²) in [7, 11) is 0. The molecule has 2 bridgehead atoms. The van der Waals surface area contributed by atoms with E-state index < -0.39 is 6.04 Å². The first-order valence-corrected chi connectivity index (χ1v) is 11.1. The molecule has 5 heterocycles. The number of carbonyl (C=O) groups is 3. The van der Waals surface area contributed by atoms with E-state index in [1.54, 1.807) is 12.3 Å². The molecule has 4 saturated heterocycles. The van der Waals surface area contributed by atoms with E-state index in [0.29, 0.717) is 51.6 Å². The van der Waals surface area contributed by atoms with Crippen molar-refractivity contribution in [2.75, 3.05) is 39.4 Å². The molecule has 0 unspecified atom stereocenters. The molecule has 1 aromatic rings. The SMILES string of the molecule is Cc1ccoc1C(=O)N1C[C@@H]2C[C@H](C1)[C@H](C(=O)N1CCOCC1)N1C(=O)CCC[C@@H]21. The van der Waals surface area contributed by atoms with E-state index in [2.05, 4.69) is 0 Å². The summed E-state index contributed by atoms with van der Waals surface area (Å²) in [5, 5.41) is 0. The first kappa shape index (κ1) is 19.6. The summed E-state index contributed by atoms with van der Waals surface area (Å²) in [4.78, 5) is 45.3. The molecule has 0 aliphatic carbocycles. The molecular weight excluding hydrogens is 386 g/mol. The average Bonchev–Trinajstić information content (AvgIpc) is 3.20. The van der Waals surface area contributed by atoms with Gasteiger partial charge in [0.05, 0.1) is 19.5 Å². The molecule has 4 atom stereocenters. The van der Waals surface area contributed by atoms with E-state index in [0.717, 1.165) is 24.8 Å². The van der Waals surface area contributed by atoms with Gasteiger partial charge >= 0.3 is 0 Å². The van der Waals surface area contributed by atoms with E-state index in [-0.39, 0.29) is 35.6 Å². The van der Waals surface area contributed by atoms with Crippen LogP contribution in [-0.2, 0) is 14.3 Å². The zero-order valence-corrected chi connectivity index (χ0v) is 17.4. The number of carbonyl (C=O) groups excluding carboxylic acids is 3. The Kier molecular flexibility index (Phi) is 5.05. The van der Waals surface area contributed by atoms with Gasteiger partial charge in [-0.3, -0.25) is 14.4 Å². The summed E-state index contributed by atoms with van der Waals surface area (Å²) in [6, 6.07) is 1.35. The third kappa shape index (κ3) is 3.21. The number of furan rings is 1. The lowest BCUT2D eigenvalue weighted by Crippen LogP contribution is -2.69. The van der Waals surface area contributed by atoms with Crippen molar-refractivity contribution in [2.24, 2.45) is 11.8 Å². The van der Waals surface area contributed by atoms with Crippen molar-refractivity contribution in [3.8, 4) is 0 Å². The minimum absolute atomic E-state index is 0.0190. The van der Waals surface area contributed by atoms with Gasteiger partial charge in [-0.25, -0.2) is 0 Å². The predicted octanol–water partition coefficient (Wildman–Crippen LogP) is 1.29. The smallest absolute Gasteiger partial charge is 0.289 e. The number of fused-ring (bicyclic) bond motifs is 4. The number of piperidine rings is 3. The molecule has 162 valence electrons. The van der Waals surface area contributed by atoms with E-state index in [4.69, 9.17) is 9.15 Å². The third-order valence-corrected chi connectivity index (χ3v) is 7.26. The van der Waals surface area contributed by atoms with Crippen molar-refractivity contribution in [3.63, 3.8) is 0 Å². The van der Waals surface area contributed by atoms with Gasteiger partial charge in [-0.05, 0) is 38.2 Å². The van der Waals surface area contributed by atoms with Gasteiger partial charge < -0.3 is 23.9 Å². The fourth-order valence-electron chi connectivity index (χ4n) is 5.85. The summed E-state index contributed by atoms with van der Waals surface area (Å²) in [6.07, 6.45) is 4.69. The zero-order valence-electron chi connectivity index (χ0n) is 17.4. The van der Waals surface area contributed by atoms with Crippen LogP contribution in [0.1, 0.15) is 41.8 Å². The lowest BCUT2D eigenvalue weighted by molar-refractivity contribution is -0.166. The Hall–Kier alpha value is -2.35. The van der Waals surface area contributed by atoms with Crippen LogP contribution in [0.2, 0.25) is 0 Å². The molecule has 30 heavy (non-hydrogen) atoms. The second kappa shape index (κ2) is 7.72. The Morgan fingerprint density at radius 2 is 1.87 bits per heavy atom. The largest absolute Gasteiger partial charge is 0.459 e. The van der Waals surface area contributed by atoms with Gasteiger partial charge in [0.1, 0.15) is 6.04 Å². The lowest BCUT2D eigenvalue weighted by atomic mass is 9.71. The van der Waals surface area contributed by atoms with Gasteiger partial charge in [-0.2, -0.15) is 0 Å². The molecule has 4 aliphatic rings. The zero-order chi connectivity index (χ0) is 20.8. The summed E-state index contributed by atoms with van der Waals surface area (Å²) in [6.45, 7) is 5.15. The normalized spacial score (nSPS) is 31.5. The van der Waals surface area contributed by atoms with Crippen LogP contribution < -0.4 is 0 Å². The van der Waals surface area contributed by atoms with E-state index >= 15 is 0 Å². The standard InChI is InChI=1S/C22H29N3O5/c1-14-5-8-30-20(14)22(28)24-12-15-11-16(13-24)19(21(27)23-6-9-29-10-7-23)25-17(15)3-2-4-18(25)26/h5,8,15-17,19H,2-4,6-7,9-13H2,1H3/t15-,16+,17-,19+/m0/s1. The van der Waals surface area contributed by atoms with Crippen LogP contribution in [-0.4, -0.2) is 83.9 Å². The van der Waals surface area contributed by atoms with E-state index in [9.17, 15) is 14.4 Å². The van der Waals surface area contributed by atoms with Gasteiger partial charge in [0.15, 0.2) is 5.76 Å². The van der Waals surface area contributed by atoms with Crippen molar-refractivity contribution in [3.05, 3.63) is 23.7 Å². The molecule has 1 aromatic heterocycles. The fourth-order valence-corrected chi connectivity index (χ4v) is 5.85. The quantitative estimate of drug-likeness (QED) is 0.727. The Labute approximate surface area is 176 Å². The van der Waals surface area contributed by atoms with E-state index in [1.807, 2.05) is 21.6 Å². The first-order chi connectivity index (χ1) is 14.5. The number of amides is 3. The number of aryl methyl sites for hydroxylation is 1. The molecule has 4 fully saturated rings. The van der Waals surface area contributed by atoms with Crippen LogP contribution in [0.25, 0.3) is 0 Å². The summed E-state index contributed by atoms with van der Waals surface area (Å²) in [5.74, 6) is 0.542. The van der Waals surface area contributed by atoms with Gasteiger partial charge in [0.25, 0.3) is 5.91 Å². The van der Waals surface area contributed by atoms with Crippen LogP contribution in [0.15, 0.2) is 16.7 Å². The van der Waals surface area contributed by atoms with Gasteiger partial charge in [0.2, 0.25) is 11.8 Å². The number of rotatable bonds is 2. The maximum absolute atomic E-state index is 13.6. The van der Waals surface area contributed by atoms with Crippen molar-refractivity contribution in [1.29, 1.82) is 0 Å². The highest BCUT2D eigenvalue weighted by Crippen LogP contribution is 2.42. The van der Waals surface area contributed by atoms with Crippen molar-refractivity contribution < 1.29 is 23.5 Å². The van der Waals surface area contributed by atoms with Crippen molar-refractivity contribution >= 4 is 17.7 Å². The Balaban J connectivity index is 1.45. The number of hydrogen-bond donors (Lipinski definition) is 0. The minimum atomic E-state index is -0.481. The molecule has 0 spiro atoms. The molecule has 0 radical (unpaired) electrons. The lowest BCUT2D eigenvalue weighted by Gasteiger charge is -2.56. The average molecular weight is 415 g/mol. The topological polar surface area (TPSA) is 83.3 Å². The molecule has 5 rings (SSSR count). The fraction of sp³-hybridized carbons (Fsp3) is 0.682. The summed E-state index contributed by atoms with van der Waals surface area (Å²) < 4.78 is 10.9. The highest BCUT2D eigenvalue weighted by molar-refractivity contribution is 5.93. The molecule has 0 saturated carbocycles. The Bertz CT molecular complexity index is 846. The second-order valence-corrected chi connectivity index (χ2v) is 9.04. The van der Waals surface area contributed by atoms with Crippen LogP contribution >= 0.6 is 0 Å². The Morgan fingerprint density at radius 3 is 2.60 bits per heavy atom. The van der Waals surface area contributed by atoms with Crippen molar-refractivity contribution in [2.45, 2.75) is 44.7 Å². The third-order valence-electron chi connectivity index (χ3n) is 7.26. The predicted molar refractivity (Wildman–Crippen MR) is 107 cm³/mol. The molecule has 0 aromatic carbocycles. The number of morpholine rings is 1. The highest BCUT2D eigenvalue weighted by Gasteiger charge is 2.53. The maximum Gasteiger partial charge on any atom is 0.289 e. The molecule has 4 aliphatic heterocycles. The molecule has 8 heteroatoms. The number of hydrogen-bond acceptors (Lipinski definition) is 5. The van der Waals surface area contributed by atoms with Crippen LogP contribution in [0.4, 0.5) is 0 Å². The van der Waals surface area contributed by atoms with Gasteiger partial charge in [0, 0.05) is 50.1 Å².